The maximum atomic E-state index is 11.9. The van der Waals surface area contributed by atoms with Gasteiger partial charge < -0.3 is 15.2 Å². The van der Waals surface area contributed by atoms with Gasteiger partial charge in [-0.1, -0.05) is 0 Å². The Labute approximate surface area is 115 Å². The fourth-order valence-electron chi connectivity index (χ4n) is 1.37. The lowest BCUT2D eigenvalue weighted by Gasteiger charge is -2.13. The first-order chi connectivity index (χ1) is 9.08. The van der Waals surface area contributed by atoms with Crippen molar-refractivity contribution in [2.45, 2.75) is 12.5 Å². The maximum Gasteiger partial charge on any atom is 0.326 e. The molecule has 0 saturated heterocycles. The van der Waals surface area contributed by atoms with Crippen molar-refractivity contribution in [2.24, 2.45) is 0 Å². The van der Waals surface area contributed by atoms with Crippen molar-refractivity contribution in [3.8, 4) is 5.88 Å². The molecule has 0 aromatic carbocycles. The van der Waals surface area contributed by atoms with Crippen molar-refractivity contribution in [3.05, 3.63) is 23.9 Å². The van der Waals surface area contributed by atoms with Crippen LogP contribution in [0.3, 0.4) is 0 Å². The van der Waals surface area contributed by atoms with Gasteiger partial charge in [-0.3, -0.25) is 4.79 Å². The number of carbonyl (C=O) groups excluding carboxylic acids is 1. The summed E-state index contributed by atoms with van der Waals surface area (Å²) in [6.45, 7) is 0. The molecule has 1 rings (SSSR count). The molecule has 0 bridgehead atoms. The highest BCUT2D eigenvalue weighted by Gasteiger charge is 2.20. The third kappa shape index (κ3) is 4.78. The molecule has 0 unspecified atom stereocenters. The molecule has 19 heavy (non-hydrogen) atoms. The number of aromatic nitrogens is 1. The highest BCUT2D eigenvalue weighted by molar-refractivity contribution is 7.98. The number of methoxy groups -OCH3 is 1. The van der Waals surface area contributed by atoms with E-state index in [1.165, 1.54) is 31.1 Å². The predicted molar refractivity (Wildman–Crippen MR) is 72.7 cm³/mol. The van der Waals surface area contributed by atoms with Gasteiger partial charge in [-0.05, 0) is 24.5 Å². The third-order valence-electron chi connectivity index (χ3n) is 2.42. The minimum Gasteiger partial charge on any atom is -0.481 e. The highest BCUT2D eigenvalue weighted by atomic mass is 32.2. The first kappa shape index (κ1) is 15.3. The van der Waals surface area contributed by atoms with Crippen LogP contribution in [0.2, 0.25) is 0 Å². The van der Waals surface area contributed by atoms with E-state index >= 15 is 0 Å². The zero-order valence-corrected chi connectivity index (χ0v) is 11.6. The molecular formula is C12H16N2O4S. The molecule has 1 aromatic rings. The number of nitrogens with zero attached hydrogens (tertiary/aromatic N) is 1. The Kier molecular flexibility index (Phi) is 6.14. The van der Waals surface area contributed by atoms with E-state index in [0.29, 0.717) is 23.6 Å². The Morgan fingerprint density at radius 1 is 1.53 bits per heavy atom. The van der Waals surface area contributed by atoms with Gasteiger partial charge in [0, 0.05) is 12.3 Å². The SMILES string of the molecule is COc1ccc(C(=O)N[C@@H](CCSC)C(=O)O)cn1. The second-order valence-corrected chi connectivity index (χ2v) is 4.72. The van der Waals surface area contributed by atoms with Crippen LogP contribution in [-0.4, -0.2) is 47.1 Å². The average Bonchev–Trinajstić information content (AvgIpc) is 2.43. The number of thioether (sulfide) groups is 1. The molecule has 0 aliphatic heterocycles. The van der Waals surface area contributed by atoms with Crippen LogP contribution in [0.25, 0.3) is 0 Å². The second-order valence-electron chi connectivity index (χ2n) is 3.73. The van der Waals surface area contributed by atoms with Gasteiger partial charge >= 0.3 is 5.97 Å². The van der Waals surface area contributed by atoms with Crippen molar-refractivity contribution in [1.29, 1.82) is 0 Å². The third-order valence-corrected chi connectivity index (χ3v) is 3.07. The summed E-state index contributed by atoms with van der Waals surface area (Å²) in [5.74, 6) is -0.431. The van der Waals surface area contributed by atoms with Crippen LogP contribution in [0.5, 0.6) is 5.88 Å². The number of carbonyl (C=O) groups is 2. The molecule has 0 spiro atoms. The minimum absolute atomic E-state index is 0.302. The number of amides is 1. The van der Waals surface area contributed by atoms with Gasteiger partial charge in [0.15, 0.2) is 0 Å². The molecule has 0 radical (unpaired) electrons. The van der Waals surface area contributed by atoms with Crippen LogP contribution >= 0.6 is 11.8 Å². The van der Waals surface area contributed by atoms with Crippen LogP contribution in [0.15, 0.2) is 18.3 Å². The molecule has 0 aliphatic rings. The van der Waals surface area contributed by atoms with Crippen LogP contribution in [0.1, 0.15) is 16.8 Å². The maximum absolute atomic E-state index is 11.9. The molecule has 1 aromatic heterocycles. The van der Waals surface area contributed by atoms with Gasteiger partial charge in [0.1, 0.15) is 6.04 Å². The summed E-state index contributed by atoms with van der Waals surface area (Å²) in [6, 6.07) is 2.20. The zero-order chi connectivity index (χ0) is 14.3. The number of hydrogen-bond acceptors (Lipinski definition) is 5. The Morgan fingerprint density at radius 2 is 2.26 bits per heavy atom. The summed E-state index contributed by atoms with van der Waals surface area (Å²) in [5, 5.41) is 11.5. The number of rotatable bonds is 7. The standard InChI is InChI=1S/C12H16N2O4S/c1-18-10-4-3-8(7-13-10)11(15)14-9(12(16)17)5-6-19-2/h3-4,7,9H,5-6H2,1-2H3,(H,14,15)(H,16,17)/t9-/m0/s1. The van der Waals surface area contributed by atoms with E-state index in [1.54, 1.807) is 6.07 Å². The fourth-order valence-corrected chi connectivity index (χ4v) is 1.84. The lowest BCUT2D eigenvalue weighted by Crippen LogP contribution is -2.41. The predicted octanol–water partition coefficient (Wildman–Crippen LogP) is 1.03. The van der Waals surface area contributed by atoms with Gasteiger partial charge in [0.2, 0.25) is 5.88 Å². The van der Waals surface area contributed by atoms with Gasteiger partial charge in [-0.25, -0.2) is 9.78 Å². The molecule has 1 heterocycles. The highest BCUT2D eigenvalue weighted by Crippen LogP contribution is 2.08. The van der Waals surface area contributed by atoms with E-state index in [2.05, 4.69) is 10.3 Å². The summed E-state index contributed by atoms with van der Waals surface area (Å²) in [6.07, 6.45) is 3.61. The first-order valence-corrected chi connectivity index (χ1v) is 7.00. The smallest absolute Gasteiger partial charge is 0.326 e. The van der Waals surface area contributed by atoms with Gasteiger partial charge in [-0.2, -0.15) is 11.8 Å². The quantitative estimate of drug-likeness (QED) is 0.777. The van der Waals surface area contributed by atoms with E-state index < -0.39 is 17.9 Å². The Hall–Kier alpha value is -1.76. The summed E-state index contributed by atoms with van der Waals surface area (Å²) < 4.78 is 4.88. The van der Waals surface area contributed by atoms with Gasteiger partial charge in [0.25, 0.3) is 5.91 Å². The lowest BCUT2D eigenvalue weighted by molar-refractivity contribution is -0.139. The zero-order valence-electron chi connectivity index (χ0n) is 10.8. The number of hydrogen-bond donors (Lipinski definition) is 2. The summed E-state index contributed by atoms with van der Waals surface area (Å²) >= 11 is 1.53. The van der Waals surface area contributed by atoms with Crippen molar-refractivity contribution >= 4 is 23.6 Å². The van der Waals surface area contributed by atoms with E-state index in [9.17, 15) is 9.59 Å². The van der Waals surface area contributed by atoms with Crippen molar-refractivity contribution < 1.29 is 19.4 Å². The van der Waals surface area contributed by atoms with Crippen LogP contribution in [0.4, 0.5) is 0 Å². The van der Waals surface area contributed by atoms with Crippen LogP contribution in [0, 0.1) is 0 Å². The molecule has 7 heteroatoms. The van der Waals surface area contributed by atoms with E-state index in [-0.39, 0.29) is 0 Å². The van der Waals surface area contributed by atoms with Gasteiger partial charge in [-0.15, -0.1) is 0 Å². The lowest BCUT2D eigenvalue weighted by atomic mass is 10.2. The number of ether oxygens (including phenoxy) is 1. The van der Waals surface area contributed by atoms with E-state index in [0.717, 1.165) is 0 Å². The molecule has 104 valence electrons. The number of aliphatic carboxylic acids is 1. The second kappa shape index (κ2) is 7.63. The molecular weight excluding hydrogens is 268 g/mol. The largest absolute Gasteiger partial charge is 0.481 e. The topological polar surface area (TPSA) is 88.5 Å². The number of nitrogens with one attached hydrogen (secondary N) is 1. The minimum atomic E-state index is -1.04. The number of pyridine rings is 1. The summed E-state index contributed by atoms with van der Waals surface area (Å²) in [4.78, 5) is 26.8. The summed E-state index contributed by atoms with van der Waals surface area (Å²) in [7, 11) is 1.48. The molecule has 0 saturated carbocycles. The Bertz CT molecular complexity index is 436. The molecule has 1 atom stereocenters. The summed E-state index contributed by atoms with van der Waals surface area (Å²) in [5.41, 5.74) is 0.302. The normalized spacial score (nSPS) is 11.7. The van der Waals surface area contributed by atoms with Crippen LogP contribution < -0.4 is 10.1 Å². The van der Waals surface area contributed by atoms with Crippen molar-refractivity contribution in [1.82, 2.24) is 10.3 Å². The molecule has 2 N–H and O–H groups in total. The average molecular weight is 284 g/mol. The Morgan fingerprint density at radius 3 is 2.74 bits per heavy atom. The van der Waals surface area contributed by atoms with E-state index in [4.69, 9.17) is 9.84 Å². The number of carboxylic acid groups (broad SMARTS) is 1. The Balaban J connectivity index is 2.67. The fraction of sp³-hybridized carbons (Fsp3) is 0.417. The molecule has 0 fully saturated rings. The molecule has 0 aliphatic carbocycles. The van der Waals surface area contributed by atoms with Crippen LogP contribution in [-0.2, 0) is 4.79 Å². The first-order valence-electron chi connectivity index (χ1n) is 5.61. The van der Waals surface area contributed by atoms with E-state index in [1.807, 2.05) is 6.26 Å². The van der Waals surface area contributed by atoms with Crippen molar-refractivity contribution in [3.63, 3.8) is 0 Å². The monoisotopic (exact) mass is 284 g/mol. The molecule has 1 amide bonds. The molecule has 6 nitrogen and oxygen atoms in total. The van der Waals surface area contributed by atoms with Crippen molar-refractivity contribution in [2.75, 3.05) is 19.1 Å². The van der Waals surface area contributed by atoms with Gasteiger partial charge in [0.05, 0.1) is 12.7 Å². The number of carboxylic acids is 1.